The maximum atomic E-state index is 5.84. The number of rotatable bonds is 12. The van der Waals surface area contributed by atoms with Crippen LogP contribution in [0.25, 0.3) is 0 Å². The lowest BCUT2D eigenvalue weighted by molar-refractivity contribution is 0.236. The van der Waals surface area contributed by atoms with Crippen molar-refractivity contribution in [2.45, 2.75) is 32.7 Å². The van der Waals surface area contributed by atoms with Gasteiger partial charge >= 0.3 is 0 Å². The summed E-state index contributed by atoms with van der Waals surface area (Å²) in [6.07, 6.45) is 5.38. The van der Waals surface area contributed by atoms with Gasteiger partial charge in [0.1, 0.15) is 12.4 Å². The lowest BCUT2D eigenvalue weighted by atomic mass is 10.2. The van der Waals surface area contributed by atoms with E-state index in [2.05, 4.69) is 49.0 Å². The highest BCUT2D eigenvalue weighted by molar-refractivity contribution is 5.28. The Balaban J connectivity index is 2.24. The van der Waals surface area contributed by atoms with Gasteiger partial charge in [-0.1, -0.05) is 25.1 Å². The maximum Gasteiger partial charge on any atom is 0.119 e. The Morgan fingerprint density at radius 3 is 2.95 bits per heavy atom. The van der Waals surface area contributed by atoms with Crippen molar-refractivity contribution in [2.24, 2.45) is 0 Å². The average molecular weight is 290 g/mol. The third-order valence-electron chi connectivity index (χ3n) is 3.34. The number of ether oxygens (including phenoxy) is 1. The van der Waals surface area contributed by atoms with Gasteiger partial charge in [-0.15, -0.1) is 6.58 Å². The number of unbranched alkanes of at least 4 members (excludes halogenated alkanes) is 1. The first-order chi connectivity index (χ1) is 10.3. The van der Waals surface area contributed by atoms with Gasteiger partial charge in [-0.3, -0.25) is 0 Å². The molecule has 21 heavy (non-hydrogen) atoms. The summed E-state index contributed by atoms with van der Waals surface area (Å²) in [5.41, 5.74) is 1.28. The lowest BCUT2D eigenvalue weighted by Crippen LogP contribution is -2.25. The predicted octanol–water partition coefficient (Wildman–Crippen LogP) is 3.46. The van der Waals surface area contributed by atoms with Crippen molar-refractivity contribution < 1.29 is 4.74 Å². The van der Waals surface area contributed by atoms with Gasteiger partial charge in [0.2, 0.25) is 0 Å². The summed E-state index contributed by atoms with van der Waals surface area (Å²) in [7, 11) is 2.14. The monoisotopic (exact) mass is 290 g/mol. The minimum Gasteiger partial charge on any atom is -0.492 e. The molecule has 0 saturated carbocycles. The van der Waals surface area contributed by atoms with E-state index in [1.54, 1.807) is 0 Å². The number of nitrogens with one attached hydrogen (secondary N) is 1. The zero-order valence-electron chi connectivity index (χ0n) is 13.6. The highest BCUT2D eigenvalue weighted by atomic mass is 16.5. The van der Waals surface area contributed by atoms with Crippen molar-refractivity contribution in [2.75, 3.05) is 33.3 Å². The lowest BCUT2D eigenvalue weighted by Gasteiger charge is -2.16. The summed E-state index contributed by atoms with van der Waals surface area (Å²) < 4.78 is 5.84. The van der Waals surface area contributed by atoms with Crippen LogP contribution in [0.15, 0.2) is 36.9 Å². The van der Waals surface area contributed by atoms with Crippen molar-refractivity contribution in [3.8, 4) is 5.75 Å². The third-order valence-corrected chi connectivity index (χ3v) is 3.34. The first-order valence-electron chi connectivity index (χ1n) is 7.98. The number of likely N-dealkylation sites (N-methyl/N-ethyl adjacent to an activating group) is 1. The molecule has 1 aromatic carbocycles. The predicted molar refractivity (Wildman–Crippen MR) is 90.9 cm³/mol. The number of hydrogen-bond donors (Lipinski definition) is 1. The molecule has 0 aliphatic heterocycles. The molecule has 0 fully saturated rings. The Hall–Kier alpha value is -1.32. The van der Waals surface area contributed by atoms with Gasteiger partial charge in [0.05, 0.1) is 0 Å². The first kappa shape index (κ1) is 17.7. The molecule has 1 aromatic rings. The molecule has 0 saturated heterocycles. The van der Waals surface area contributed by atoms with E-state index >= 15 is 0 Å². The summed E-state index contributed by atoms with van der Waals surface area (Å²) >= 11 is 0. The second kappa shape index (κ2) is 11.4. The summed E-state index contributed by atoms with van der Waals surface area (Å²) in [5, 5.41) is 3.41. The second-order valence-electron chi connectivity index (χ2n) is 5.41. The van der Waals surface area contributed by atoms with Crippen molar-refractivity contribution in [3.05, 3.63) is 42.5 Å². The van der Waals surface area contributed by atoms with Crippen LogP contribution in [0.1, 0.15) is 31.7 Å². The fraction of sp³-hybridized carbons (Fsp3) is 0.556. The number of benzene rings is 1. The van der Waals surface area contributed by atoms with Gasteiger partial charge in [-0.2, -0.15) is 0 Å². The molecule has 3 heteroatoms. The zero-order valence-corrected chi connectivity index (χ0v) is 13.6. The molecule has 0 aromatic heterocycles. The van der Waals surface area contributed by atoms with E-state index in [0.717, 1.165) is 51.4 Å². The van der Waals surface area contributed by atoms with Crippen LogP contribution in [-0.2, 0) is 6.54 Å². The summed E-state index contributed by atoms with van der Waals surface area (Å²) in [4.78, 5) is 2.30. The van der Waals surface area contributed by atoms with E-state index in [1.807, 2.05) is 12.1 Å². The van der Waals surface area contributed by atoms with Crippen LogP contribution in [0.5, 0.6) is 5.75 Å². The molecule has 0 amide bonds. The van der Waals surface area contributed by atoms with Gasteiger partial charge in [0, 0.05) is 13.1 Å². The fourth-order valence-electron chi connectivity index (χ4n) is 2.09. The molecule has 0 aliphatic rings. The number of nitrogens with zero attached hydrogens (tertiary/aromatic N) is 1. The topological polar surface area (TPSA) is 24.5 Å². The quantitative estimate of drug-likeness (QED) is 0.471. The SMILES string of the molecule is C=CCCCN(C)CCOc1cccc(CNCCC)c1. The summed E-state index contributed by atoms with van der Waals surface area (Å²) in [6, 6.07) is 8.35. The van der Waals surface area contributed by atoms with Gasteiger partial charge in [-0.25, -0.2) is 0 Å². The molecule has 0 spiro atoms. The number of hydrogen-bond acceptors (Lipinski definition) is 3. The molecule has 0 aliphatic carbocycles. The van der Waals surface area contributed by atoms with Gasteiger partial charge in [0.15, 0.2) is 0 Å². The Labute approximate surface area is 130 Å². The molecule has 3 nitrogen and oxygen atoms in total. The van der Waals surface area contributed by atoms with Crippen molar-refractivity contribution in [1.82, 2.24) is 10.2 Å². The molecular formula is C18H30N2O. The van der Waals surface area contributed by atoms with E-state index in [-0.39, 0.29) is 0 Å². The normalized spacial score (nSPS) is 10.8. The standard InChI is InChI=1S/C18H30N2O/c1-4-6-7-12-20(3)13-14-21-18-10-8-9-17(15-18)16-19-11-5-2/h4,8-10,15,19H,1,5-7,11-14,16H2,2-3H3. The Morgan fingerprint density at radius 2 is 2.19 bits per heavy atom. The molecular weight excluding hydrogens is 260 g/mol. The van der Waals surface area contributed by atoms with E-state index in [1.165, 1.54) is 12.0 Å². The highest BCUT2D eigenvalue weighted by Gasteiger charge is 2.00. The molecule has 118 valence electrons. The fourth-order valence-corrected chi connectivity index (χ4v) is 2.09. The molecule has 0 bridgehead atoms. The van der Waals surface area contributed by atoms with Crippen LogP contribution in [0.3, 0.4) is 0 Å². The van der Waals surface area contributed by atoms with Crippen LogP contribution >= 0.6 is 0 Å². The Kier molecular flexibility index (Phi) is 9.58. The molecule has 1 rings (SSSR count). The van der Waals surface area contributed by atoms with Crippen LogP contribution in [-0.4, -0.2) is 38.2 Å². The van der Waals surface area contributed by atoms with Crippen molar-refractivity contribution in [1.29, 1.82) is 0 Å². The van der Waals surface area contributed by atoms with E-state index in [9.17, 15) is 0 Å². The van der Waals surface area contributed by atoms with Crippen LogP contribution in [0.4, 0.5) is 0 Å². The Morgan fingerprint density at radius 1 is 1.33 bits per heavy atom. The van der Waals surface area contributed by atoms with E-state index in [4.69, 9.17) is 4.74 Å². The highest BCUT2D eigenvalue weighted by Crippen LogP contribution is 2.13. The summed E-state index contributed by atoms with van der Waals surface area (Å²) in [5.74, 6) is 0.963. The maximum absolute atomic E-state index is 5.84. The molecule has 0 heterocycles. The molecule has 0 radical (unpaired) electrons. The minimum atomic E-state index is 0.733. The van der Waals surface area contributed by atoms with Crippen LogP contribution in [0, 0.1) is 0 Å². The van der Waals surface area contributed by atoms with Crippen molar-refractivity contribution >= 4 is 0 Å². The van der Waals surface area contributed by atoms with Crippen LogP contribution in [0.2, 0.25) is 0 Å². The molecule has 1 N–H and O–H groups in total. The van der Waals surface area contributed by atoms with E-state index < -0.39 is 0 Å². The smallest absolute Gasteiger partial charge is 0.119 e. The van der Waals surface area contributed by atoms with Crippen molar-refractivity contribution in [3.63, 3.8) is 0 Å². The van der Waals surface area contributed by atoms with E-state index in [0.29, 0.717) is 0 Å². The van der Waals surface area contributed by atoms with Crippen LogP contribution < -0.4 is 10.1 Å². The van der Waals surface area contributed by atoms with Gasteiger partial charge < -0.3 is 15.0 Å². The Bertz CT molecular complexity index is 393. The molecule has 0 atom stereocenters. The zero-order chi connectivity index (χ0) is 15.3. The minimum absolute atomic E-state index is 0.733. The second-order valence-corrected chi connectivity index (χ2v) is 5.41. The first-order valence-corrected chi connectivity index (χ1v) is 7.98. The number of allylic oxidation sites excluding steroid dienone is 1. The van der Waals surface area contributed by atoms with Gasteiger partial charge in [0.25, 0.3) is 0 Å². The average Bonchev–Trinajstić information content (AvgIpc) is 2.48. The largest absolute Gasteiger partial charge is 0.492 e. The van der Waals surface area contributed by atoms with Gasteiger partial charge in [-0.05, 0) is 57.1 Å². The third kappa shape index (κ3) is 8.53. The summed E-state index contributed by atoms with van der Waals surface area (Å²) in [6.45, 7) is 10.7. The molecule has 0 unspecified atom stereocenters.